The fraction of sp³-hybridized carbons (Fsp3) is 0.133. The van der Waals surface area contributed by atoms with E-state index in [4.69, 9.17) is 27.9 Å². The first-order valence-corrected chi connectivity index (χ1v) is 7.07. The molecule has 22 heavy (non-hydrogen) atoms. The monoisotopic (exact) mass is 341 g/mol. The summed E-state index contributed by atoms with van der Waals surface area (Å²) in [4.78, 5) is 11.7. The number of carbonyl (C=O) groups excluding carboxylic acids is 1. The third kappa shape index (κ3) is 4.19. The van der Waals surface area contributed by atoms with Crippen molar-refractivity contribution in [3.8, 4) is 17.2 Å². The second-order valence-corrected chi connectivity index (χ2v) is 5.24. The normalized spacial score (nSPS) is 10.3. The van der Waals surface area contributed by atoms with Gasteiger partial charge in [0.15, 0.2) is 18.1 Å². The highest BCUT2D eigenvalue weighted by molar-refractivity contribution is 6.42. The Morgan fingerprint density at radius 1 is 1.14 bits per heavy atom. The first-order chi connectivity index (χ1) is 10.5. The molecule has 0 saturated carbocycles. The summed E-state index contributed by atoms with van der Waals surface area (Å²) in [6, 6.07) is 9.20. The van der Waals surface area contributed by atoms with Crippen LogP contribution in [0.1, 0.15) is 5.56 Å². The molecule has 5 nitrogen and oxygen atoms in total. The van der Waals surface area contributed by atoms with Crippen molar-refractivity contribution in [3.05, 3.63) is 52.0 Å². The number of ether oxygens (including phenoxy) is 1. The quantitative estimate of drug-likeness (QED) is 0.730. The van der Waals surface area contributed by atoms with Gasteiger partial charge in [0.25, 0.3) is 5.91 Å². The van der Waals surface area contributed by atoms with Gasteiger partial charge in [-0.25, -0.2) is 0 Å². The second-order valence-electron chi connectivity index (χ2n) is 4.43. The van der Waals surface area contributed by atoms with Gasteiger partial charge in [0, 0.05) is 18.2 Å². The minimum absolute atomic E-state index is 0.0732. The van der Waals surface area contributed by atoms with E-state index in [-0.39, 0.29) is 30.6 Å². The maximum absolute atomic E-state index is 11.7. The van der Waals surface area contributed by atoms with E-state index in [1.807, 2.05) is 0 Å². The third-order valence-electron chi connectivity index (χ3n) is 2.84. The number of aromatic hydroxyl groups is 2. The Kier molecular flexibility index (Phi) is 5.35. The van der Waals surface area contributed by atoms with Crippen LogP contribution in [0, 0.1) is 0 Å². The molecule has 0 radical (unpaired) electrons. The molecule has 0 spiro atoms. The first-order valence-electron chi connectivity index (χ1n) is 6.31. The van der Waals surface area contributed by atoms with E-state index in [1.54, 1.807) is 24.3 Å². The second kappa shape index (κ2) is 7.24. The maximum atomic E-state index is 11.7. The summed E-state index contributed by atoms with van der Waals surface area (Å²) in [7, 11) is 0. The molecule has 0 unspecified atom stereocenters. The number of amides is 1. The molecular formula is C15H13Cl2NO4. The van der Waals surface area contributed by atoms with Crippen molar-refractivity contribution in [2.45, 2.75) is 6.54 Å². The number of phenols is 2. The van der Waals surface area contributed by atoms with Crippen molar-refractivity contribution in [3.63, 3.8) is 0 Å². The molecule has 0 bridgehead atoms. The van der Waals surface area contributed by atoms with E-state index >= 15 is 0 Å². The number of para-hydroxylation sites is 1. The van der Waals surface area contributed by atoms with Crippen LogP contribution in [0.4, 0.5) is 0 Å². The molecule has 7 heteroatoms. The van der Waals surface area contributed by atoms with E-state index in [9.17, 15) is 15.0 Å². The van der Waals surface area contributed by atoms with Crippen molar-refractivity contribution in [2.75, 3.05) is 6.61 Å². The van der Waals surface area contributed by atoms with Gasteiger partial charge < -0.3 is 20.3 Å². The van der Waals surface area contributed by atoms with Gasteiger partial charge in [0.05, 0.1) is 10.0 Å². The number of carbonyl (C=O) groups is 1. The first kappa shape index (κ1) is 16.3. The van der Waals surface area contributed by atoms with Crippen LogP contribution in [0.3, 0.4) is 0 Å². The molecule has 1 amide bonds. The Morgan fingerprint density at radius 3 is 2.64 bits per heavy atom. The Bertz CT molecular complexity index is 691. The van der Waals surface area contributed by atoms with E-state index < -0.39 is 0 Å². The number of hydrogen-bond acceptors (Lipinski definition) is 4. The van der Waals surface area contributed by atoms with Gasteiger partial charge in [-0.3, -0.25) is 4.79 Å². The summed E-state index contributed by atoms with van der Waals surface area (Å²) >= 11 is 11.6. The molecule has 0 fully saturated rings. The van der Waals surface area contributed by atoms with E-state index in [0.29, 0.717) is 21.4 Å². The van der Waals surface area contributed by atoms with E-state index in [1.165, 1.54) is 12.1 Å². The standard InChI is InChI=1S/C15H13Cl2NO4/c16-11-5-4-10(6-12(11)17)22-8-14(20)18-7-9-2-1-3-13(19)15(9)21/h1-6,19,21H,7-8H2,(H,18,20). The van der Waals surface area contributed by atoms with Crippen LogP contribution in [-0.4, -0.2) is 22.7 Å². The van der Waals surface area contributed by atoms with Crippen LogP contribution >= 0.6 is 23.2 Å². The molecule has 0 aliphatic carbocycles. The van der Waals surface area contributed by atoms with Gasteiger partial charge in [-0.1, -0.05) is 35.3 Å². The van der Waals surface area contributed by atoms with Crippen molar-refractivity contribution < 1.29 is 19.7 Å². The van der Waals surface area contributed by atoms with Crippen molar-refractivity contribution in [1.29, 1.82) is 0 Å². The van der Waals surface area contributed by atoms with Crippen LogP contribution < -0.4 is 10.1 Å². The molecule has 0 saturated heterocycles. The SMILES string of the molecule is O=C(COc1ccc(Cl)c(Cl)c1)NCc1cccc(O)c1O. The predicted molar refractivity (Wildman–Crippen MR) is 83.6 cm³/mol. The van der Waals surface area contributed by atoms with Crippen LogP contribution in [0.15, 0.2) is 36.4 Å². The number of rotatable bonds is 5. The summed E-state index contributed by atoms with van der Waals surface area (Å²) < 4.78 is 5.28. The number of halogens is 2. The maximum Gasteiger partial charge on any atom is 0.258 e. The van der Waals surface area contributed by atoms with Crippen LogP contribution in [0.2, 0.25) is 10.0 Å². The molecular weight excluding hydrogens is 329 g/mol. The molecule has 0 aliphatic rings. The number of nitrogens with one attached hydrogen (secondary N) is 1. The van der Waals surface area contributed by atoms with Gasteiger partial charge in [0.2, 0.25) is 0 Å². The highest BCUT2D eigenvalue weighted by Gasteiger charge is 2.08. The lowest BCUT2D eigenvalue weighted by Crippen LogP contribution is -2.28. The molecule has 0 aromatic heterocycles. The smallest absolute Gasteiger partial charge is 0.258 e. The fourth-order valence-corrected chi connectivity index (χ4v) is 1.97. The zero-order valence-electron chi connectivity index (χ0n) is 11.3. The summed E-state index contributed by atoms with van der Waals surface area (Å²) in [5.74, 6) is -0.453. The summed E-state index contributed by atoms with van der Waals surface area (Å²) in [6.45, 7) is -0.138. The summed E-state index contributed by atoms with van der Waals surface area (Å²) in [5.41, 5.74) is 0.405. The Labute approximate surface area is 137 Å². The highest BCUT2D eigenvalue weighted by atomic mass is 35.5. The zero-order valence-corrected chi connectivity index (χ0v) is 12.9. The molecule has 2 aromatic carbocycles. The highest BCUT2D eigenvalue weighted by Crippen LogP contribution is 2.28. The van der Waals surface area contributed by atoms with E-state index in [2.05, 4.69) is 5.32 Å². The minimum atomic E-state index is -0.381. The average molecular weight is 342 g/mol. The van der Waals surface area contributed by atoms with Crippen molar-refractivity contribution in [2.24, 2.45) is 0 Å². The van der Waals surface area contributed by atoms with E-state index in [0.717, 1.165) is 0 Å². The average Bonchev–Trinajstić information content (AvgIpc) is 2.50. The molecule has 2 rings (SSSR count). The number of hydrogen-bond donors (Lipinski definition) is 3. The van der Waals surface area contributed by atoms with Gasteiger partial charge in [0.1, 0.15) is 5.75 Å². The Hall–Kier alpha value is -2.11. The molecule has 0 aliphatic heterocycles. The lowest BCUT2D eigenvalue weighted by Gasteiger charge is -2.09. The zero-order chi connectivity index (χ0) is 16.1. The number of phenolic OH excluding ortho intramolecular Hbond substituents is 2. The van der Waals surface area contributed by atoms with Gasteiger partial charge in [-0.05, 0) is 18.2 Å². The van der Waals surface area contributed by atoms with Crippen molar-refractivity contribution in [1.82, 2.24) is 5.32 Å². The van der Waals surface area contributed by atoms with Crippen LogP contribution in [-0.2, 0) is 11.3 Å². The van der Waals surface area contributed by atoms with Gasteiger partial charge in [-0.15, -0.1) is 0 Å². The summed E-state index contributed by atoms with van der Waals surface area (Å²) in [5, 5.41) is 22.3. The van der Waals surface area contributed by atoms with Gasteiger partial charge in [-0.2, -0.15) is 0 Å². The van der Waals surface area contributed by atoms with Gasteiger partial charge >= 0.3 is 0 Å². The molecule has 3 N–H and O–H groups in total. The summed E-state index contributed by atoms with van der Waals surface area (Å²) in [6.07, 6.45) is 0. The molecule has 0 atom stereocenters. The largest absolute Gasteiger partial charge is 0.504 e. The predicted octanol–water partition coefficient (Wildman–Crippen LogP) is 3.10. The molecule has 2 aromatic rings. The minimum Gasteiger partial charge on any atom is -0.504 e. The topological polar surface area (TPSA) is 78.8 Å². The Morgan fingerprint density at radius 2 is 1.91 bits per heavy atom. The third-order valence-corrected chi connectivity index (χ3v) is 3.57. The Balaban J connectivity index is 1.85. The van der Waals surface area contributed by atoms with Crippen molar-refractivity contribution >= 4 is 29.1 Å². The molecule has 0 heterocycles. The number of benzene rings is 2. The van der Waals surface area contributed by atoms with Crippen LogP contribution in [0.5, 0.6) is 17.2 Å². The fourth-order valence-electron chi connectivity index (χ4n) is 1.68. The lowest BCUT2D eigenvalue weighted by molar-refractivity contribution is -0.123. The molecule has 116 valence electrons. The lowest BCUT2D eigenvalue weighted by atomic mass is 10.2. The van der Waals surface area contributed by atoms with Crippen LogP contribution in [0.25, 0.3) is 0 Å².